The summed E-state index contributed by atoms with van der Waals surface area (Å²) in [6.45, 7) is 1.36. The van der Waals surface area contributed by atoms with Crippen LogP contribution < -0.4 is 5.32 Å². The van der Waals surface area contributed by atoms with E-state index in [0.29, 0.717) is 29.5 Å². The van der Waals surface area contributed by atoms with Crippen LogP contribution >= 0.6 is 11.6 Å². The Bertz CT molecular complexity index is 878. The predicted molar refractivity (Wildman–Crippen MR) is 108 cm³/mol. The standard InChI is InChI=1S/C20H21ClFN3O3/c1-25-7-2-3-17(25)6-8-28-20(26)23-19-5-4-15(22)12-18(19)13-9-14(21)11-16(10-13)24-27/h4-5,9-12,17H,2-3,6-8H2,1H3,(H,23,26). The number of carbonyl (C=O) groups is 1. The number of likely N-dealkylation sites (tertiary alicyclic amines) is 1. The first-order valence-corrected chi connectivity index (χ1v) is 9.42. The van der Waals surface area contributed by atoms with Crippen molar-refractivity contribution in [2.75, 3.05) is 25.5 Å². The Morgan fingerprint density at radius 3 is 2.89 bits per heavy atom. The number of amides is 1. The van der Waals surface area contributed by atoms with Crippen LogP contribution in [0.4, 0.5) is 20.6 Å². The molecule has 0 spiro atoms. The first kappa shape index (κ1) is 20.2. The highest BCUT2D eigenvalue weighted by molar-refractivity contribution is 6.31. The monoisotopic (exact) mass is 405 g/mol. The molecule has 1 atom stereocenters. The van der Waals surface area contributed by atoms with Crippen molar-refractivity contribution in [1.29, 1.82) is 0 Å². The van der Waals surface area contributed by atoms with Gasteiger partial charge in [-0.05, 0) is 80.0 Å². The minimum Gasteiger partial charge on any atom is -0.449 e. The first-order chi connectivity index (χ1) is 13.5. The Kier molecular flexibility index (Phi) is 6.59. The summed E-state index contributed by atoms with van der Waals surface area (Å²) in [5.74, 6) is -0.487. The van der Waals surface area contributed by atoms with Crippen LogP contribution in [0.1, 0.15) is 19.3 Å². The van der Waals surface area contributed by atoms with Crippen molar-refractivity contribution >= 4 is 29.1 Å². The molecule has 2 aromatic rings. The van der Waals surface area contributed by atoms with Gasteiger partial charge in [0.05, 0.1) is 12.3 Å². The van der Waals surface area contributed by atoms with E-state index in [-0.39, 0.29) is 10.7 Å². The summed E-state index contributed by atoms with van der Waals surface area (Å²) < 4.78 is 19.1. The van der Waals surface area contributed by atoms with Crippen LogP contribution in [0.3, 0.4) is 0 Å². The summed E-state index contributed by atoms with van der Waals surface area (Å²) in [5.41, 5.74) is 1.30. The summed E-state index contributed by atoms with van der Waals surface area (Å²) in [6, 6.07) is 8.79. The summed E-state index contributed by atoms with van der Waals surface area (Å²) in [4.78, 5) is 25.3. The van der Waals surface area contributed by atoms with Gasteiger partial charge in [-0.2, -0.15) is 0 Å². The highest BCUT2D eigenvalue weighted by atomic mass is 35.5. The van der Waals surface area contributed by atoms with Crippen LogP contribution in [-0.2, 0) is 4.74 Å². The lowest BCUT2D eigenvalue weighted by molar-refractivity contribution is 0.147. The number of carbonyl (C=O) groups excluding carboxylic acids is 1. The average Bonchev–Trinajstić information content (AvgIpc) is 3.07. The normalized spacial score (nSPS) is 16.8. The van der Waals surface area contributed by atoms with Gasteiger partial charge in [0.2, 0.25) is 0 Å². The molecule has 28 heavy (non-hydrogen) atoms. The fourth-order valence-electron chi connectivity index (χ4n) is 3.42. The van der Waals surface area contributed by atoms with Gasteiger partial charge < -0.3 is 9.64 Å². The number of halogens is 2. The maximum Gasteiger partial charge on any atom is 0.411 e. The smallest absolute Gasteiger partial charge is 0.411 e. The number of rotatable bonds is 6. The number of nitrogens with zero attached hydrogens (tertiary/aromatic N) is 2. The molecule has 0 aromatic heterocycles. The zero-order chi connectivity index (χ0) is 20.1. The van der Waals surface area contributed by atoms with E-state index in [1.165, 1.54) is 30.3 Å². The minimum absolute atomic E-state index is 0.112. The molecule has 1 amide bonds. The van der Waals surface area contributed by atoms with E-state index in [1.807, 2.05) is 0 Å². The van der Waals surface area contributed by atoms with E-state index in [0.717, 1.165) is 25.8 Å². The molecule has 148 valence electrons. The maximum atomic E-state index is 13.8. The lowest BCUT2D eigenvalue weighted by atomic mass is 10.0. The molecule has 1 fully saturated rings. The number of nitroso groups, excluding NO2 is 1. The van der Waals surface area contributed by atoms with Crippen LogP contribution in [0.25, 0.3) is 11.1 Å². The van der Waals surface area contributed by atoms with Gasteiger partial charge in [0.15, 0.2) is 0 Å². The van der Waals surface area contributed by atoms with Gasteiger partial charge in [-0.25, -0.2) is 9.18 Å². The highest BCUT2D eigenvalue weighted by Crippen LogP contribution is 2.34. The summed E-state index contributed by atoms with van der Waals surface area (Å²) in [7, 11) is 2.07. The highest BCUT2D eigenvalue weighted by Gasteiger charge is 2.21. The van der Waals surface area contributed by atoms with Gasteiger partial charge in [0.25, 0.3) is 0 Å². The molecule has 1 aliphatic rings. The van der Waals surface area contributed by atoms with Crippen LogP contribution in [0.2, 0.25) is 5.02 Å². The van der Waals surface area contributed by atoms with E-state index in [2.05, 4.69) is 22.4 Å². The Hall–Kier alpha value is -2.51. The zero-order valence-electron chi connectivity index (χ0n) is 15.5. The topological polar surface area (TPSA) is 71.0 Å². The first-order valence-electron chi connectivity index (χ1n) is 9.04. The van der Waals surface area contributed by atoms with E-state index in [9.17, 15) is 14.1 Å². The molecule has 1 N–H and O–H groups in total. The van der Waals surface area contributed by atoms with Gasteiger partial charge in [-0.15, -0.1) is 4.91 Å². The zero-order valence-corrected chi connectivity index (χ0v) is 16.2. The fourth-order valence-corrected chi connectivity index (χ4v) is 3.65. The Labute approximate surface area is 167 Å². The SMILES string of the molecule is CN1CCCC1CCOC(=O)Nc1ccc(F)cc1-c1cc(Cl)cc(N=O)c1. The molecule has 6 nitrogen and oxygen atoms in total. The maximum absolute atomic E-state index is 13.8. The van der Waals surface area contributed by atoms with Crippen molar-refractivity contribution in [3.63, 3.8) is 0 Å². The van der Waals surface area contributed by atoms with Crippen molar-refractivity contribution in [3.05, 3.63) is 52.1 Å². The largest absolute Gasteiger partial charge is 0.449 e. The van der Waals surface area contributed by atoms with Gasteiger partial charge in [-0.1, -0.05) is 11.6 Å². The number of hydrogen-bond donors (Lipinski definition) is 1. The second-order valence-corrected chi connectivity index (χ2v) is 7.24. The third-order valence-electron chi connectivity index (χ3n) is 4.87. The van der Waals surface area contributed by atoms with Gasteiger partial charge >= 0.3 is 6.09 Å². The van der Waals surface area contributed by atoms with Gasteiger partial charge in [-0.3, -0.25) is 5.32 Å². The minimum atomic E-state index is -0.621. The van der Waals surface area contributed by atoms with Crippen LogP contribution in [-0.4, -0.2) is 37.2 Å². The molecule has 1 aliphatic heterocycles. The summed E-state index contributed by atoms with van der Waals surface area (Å²) >= 11 is 6.01. The Morgan fingerprint density at radius 2 is 2.18 bits per heavy atom. The predicted octanol–water partition coefficient (Wildman–Crippen LogP) is 5.58. The summed E-state index contributed by atoms with van der Waals surface area (Å²) in [5, 5.41) is 5.79. The van der Waals surface area contributed by atoms with Crippen molar-refractivity contribution in [2.45, 2.75) is 25.3 Å². The van der Waals surface area contributed by atoms with Crippen molar-refractivity contribution in [2.24, 2.45) is 5.18 Å². The second kappa shape index (κ2) is 9.12. The van der Waals surface area contributed by atoms with Gasteiger partial charge in [0.1, 0.15) is 11.5 Å². The molecule has 3 rings (SSSR count). The third kappa shape index (κ3) is 5.05. The molecule has 0 bridgehead atoms. The van der Waals surface area contributed by atoms with Crippen molar-refractivity contribution in [3.8, 4) is 11.1 Å². The molecular formula is C20H21ClFN3O3. The van der Waals surface area contributed by atoms with Crippen LogP contribution in [0.5, 0.6) is 0 Å². The summed E-state index contributed by atoms with van der Waals surface area (Å²) in [6.07, 6.45) is 2.40. The molecule has 1 unspecified atom stereocenters. The van der Waals surface area contributed by atoms with E-state index < -0.39 is 11.9 Å². The fraction of sp³-hybridized carbons (Fsp3) is 0.350. The number of anilines is 1. The average molecular weight is 406 g/mol. The van der Waals surface area contributed by atoms with E-state index in [1.54, 1.807) is 6.07 Å². The third-order valence-corrected chi connectivity index (χ3v) is 5.09. The quantitative estimate of drug-likeness (QED) is 0.637. The molecule has 2 aromatic carbocycles. The van der Waals surface area contributed by atoms with Crippen LogP contribution in [0, 0.1) is 10.7 Å². The molecule has 0 aliphatic carbocycles. The molecular weight excluding hydrogens is 385 g/mol. The Balaban J connectivity index is 1.71. The molecule has 0 saturated carbocycles. The number of hydrogen-bond acceptors (Lipinski definition) is 5. The van der Waals surface area contributed by atoms with E-state index >= 15 is 0 Å². The lowest BCUT2D eigenvalue weighted by Crippen LogP contribution is -2.27. The molecule has 0 radical (unpaired) electrons. The Morgan fingerprint density at radius 1 is 1.36 bits per heavy atom. The number of ether oxygens (including phenoxy) is 1. The van der Waals surface area contributed by atoms with E-state index in [4.69, 9.17) is 16.3 Å². The van der Waals surface area contributed by atoms with Crippen LogP contribution in [0.15, 0.2) is 41.6 Å². The molecule has 8 heteroatoms. The molecule has 1 heterocycles. The van der Waals surface area contributed by atoms with Crippen molar-refractivity contribution in [1.82, 2.24) is 4.90 Å². The number of nitrogens with one attached hydrogen (secondary N) is 1. The lowest BCUT2D eigenvalue weighted by Gasteiger charge is -2.19. The van der Waals surface area contributed by atoms with Gasteiger partial charge in [0, 0.05) is 16.6 Å². The second-order valence-electron chi connectivity index (χ2n) is 6.81. The number of benzene rings is 2. The van der Waals surface area contributed by atoms with Crippen molar-refractivity contribution < 1.29 is 13.9 Å². The molecule has 1 saturated heterocycles.